The molecule has 2 aromatic rings. The fourth-order valence-electron chi connectivity index (χ4n) is 3.57. The average molecular weight is 696 g/mol. The van der Waals surface area contributed by atoms with Crippen LogP contribution in [0.15, 0.2) is 16.0 Å². The summed E-state index contributed by atoms with van der Waals surface area (Å²) >= 11 is 2.18. The van der Waals surface area contributed by atoms with Crippen molar-refractivity contribution in [2.45, 2.75) is 89.3 Å². The van der Waals surface area contributed by atoms with E-state index in [-0.39, 0.29) is 39.7 Å². The van der Waals surface area contributed by atoms with E-state index in [1.54, 1.807) is 32.8 Å². The van der Waals surface area contributed by atoms with E-state index in [1.165, 1.54) is 0 Å². The zero-order valence-corrected chi connectivity index (χ0v) is 28.9. The molecule has 0 bridgehead atoms. The van der Waals surface area contributed by atoms with Gasteiger partial charge < -0.3 is 23.4 Å². The van der Waals surface area contributed by atoms with Crippen LogP contribution in [-0.4, -0.2) is 77.7 Å². The highest BCUT2D eigenvalue weighted by Crippen LogP contribution is 2.40. The molecular weight excluding hydrogens is 653 g/mol. The smallest absolute Gasteiger partial charge is 0.262 e. The Morgan fingerprint density at radius 3 is 2.61 bits per heavy atom. The van der Waals surface area contributed by atoms with Crippen molar-refractivity contribution in [3.63, 3.8) is 0 Å². The van der Waals surface area contributed by atoms with Gasteiger partial charge in [0.05, 0.1) is 24.4 Å². The molecular formula is C25H42IN5O4S2Si. The lowest BCUT2D eigenvalue weighted by molar-refractivity contribution is -0.0505. The van der Waals surface area contributed by atoms with Crippen molar-refractivity contribution in [1.29, 1.82) is 0 Å². The van der Waals surface area contributed by atoms with Gasteiger partial charge in [0, 0.05) is 35.0 Å². The van der Waals surface area contributed by atoms with Crippen LogP contribution in [0.4, 0.5) is 5.95 Å². The Morgan fingerprint density at radius 1 is 1.32 bits per heavy atom. The van der Waals surface area contributed by atoms with E-state index in [9.17, 15) is 4.79 Å². The first-order valence-electron chi connectivity index (χ1n) is 12.7. The highest BCUT2D eigenvalue weighted by Gasteiger charge is 2.42. The van der Waals surface area contributed by atoms with E-state index in [2.05, 4.69) is 92.2 Å². The normalized spacial score (nSPS) is 21.2. The maximum absolute atomic E-state index is 12.9. The summed E-state index contributed by atoms with van der Waals surface area (Å²) in [6.45, 7) is 18.3. The zero-order chi connectivity index (χ0) is 28.5. The predicted octanol–water partition coefficient (Wildman–Crippen LogP) is 6.38. The summed E-state index contributed by atoms with van der Waals surface area (Å²) in [7, 11) is 5.28. The summed E-state index contributed by atoms with van der Waals surface area (Å²) in [5.74, 6) is 0.816. The first-order valence-corrected chi connectivity index (χ1v) is 19.0. The number of nitrogens with one attached hydrogen (secondary N) is 1. The quantitative estimate of drug-likeness (QED) is 0.0583. The standard InChI is InChI=1S/C25H42IN5O4S2Si/c1-24(2,3)37-36-15-33-17-11-19(35-18(17)13-34-38(9,10)25(4,5)6)31-12-16(26)20-21(31)28-23(29-22(20)32)27-14-30(7)8/h12,14,17-19H,11,13,15H2,1-10H3,(H,28,29,32)/t17?,18-,19-/m1/s1. The molecule has 38 heavy (non-hydrogen) atoms. The molecule has 0 aromatic carbocycles. The number of hydrogen-bond acceptors (Lipinski definition) is 8. The molecule has 0 spiro atoms. The lowest BCUT2D eigenvalue weighted by Crippen LogP contribution is -2.44. The number of nitrogens with zero attached hydrogens (tertiary/aromatic N) is 4. The molecule has 3 rings (SSSR count). The van der Waals surface area contributed by atoms with Crippen LogP contribution < -0.4 is 5.56 Å². The van der Waals surface area contributed by atoms with Gasteiger partial charge in [0.25, 0.3) is 5.56 Å². The van der Waals surface area contributed by atoms with Crippen molar-refractivity contribution in [2.24, 2.45) is 4.99 Å². The van der Waals surface area contributed by atoms with Gasteiger partial charge in [-0.2, -0.15) is 4.98 Å². The molecule has 0 radical (unpaired) electrons. The van der Waals surface area contributed by atoms with Gasteiger partial charge in [-0.1, -0.05) is 63.1 Å². The molecule has 1 unspecified atom stereocenters. The van der Waals surface area contributed by atoms with Crippen LogP contribution in [0.2, 0.25) is 18.1 Å². The summed E-state index contributed by atoms with van der Waals surface area (Å²) in [4.78, 5) is 26.4. The molecule has 214 valence electrons. The summed E-state index contributed by atoms with van der Waals surface area (Å²) < 4.78 is 22.4. The van der Waals surface area contributed by atoms with Gasteiger partial charge in [-0.3, -0.25) is 9.78 Å². The Hall–Kier alpha value is -0.583. The molecule has 1 aliphatic heterocycles. The maximum Gasteiger partial charge on any atom is 0.262 e. The van der Waals surface area contributed by atoms with Crippen LogP contribution in [0.3, 0.4) is 0 Å². The van der Waals surface area contributed by atoms with E-state index in [4.69, 9.17) is 13.9 Å². The van der Waals surface area contributed by atoms with Crippen molar-refractivity contribution < 1.29 is 13.9 Å². The van der Waals surface area contributed by atoms with Crippen LogP contribution in [0.1, 0.15) is 54.2 Å². The summed E-state index contributed by atoms with van der Waals surface area (Å²) in [6.07, 6.45) is 3.48. The number of hydrogen-bond donors (Lipinski definition) is 1. The Morgan fingerprint density at radius 2 is 2.00 bits per heavy atom. The molecule has 3 heterocycles. The first kappa shape index (κ1) is 31.9. The SMILES string of the molecule is CN(C)C=Nc1nc2c(c(I)cn2[C@H]2CC(OCSSC(C)(C)C)[C@@H](CO[Si](C)(C)C(C)(C)C)O2)c(=O)[nH]1. The van der Waals surface area contributed by atoms with Gasteiger partial charge in [0.1, 0.15) is 18.3 Å². The van der Waals surface area contributed by atoms with Gasteiger partial charge in [0.15, 0.2) is 14.0 Å². The van der Waals surface area contributed by atoms with E-state index in [0.29, 0.717) is 30.0 Å². The second-order valence-corrected chi connectivity index (χ2v) is 21.3. The number of H-pyrrole nitrogens is 1. The van der Waals surface area contributed by atoms with Gasteiger partial charge in [-0.05, 0) is 40.7 Å². The van der Waals surface area contributed by atoms with Gasteiger partial charge in [-0.25, -0.2) is 4.99 Å². The minimum Gasteiger partial charge on any atom is -0.414 e. The van der Waals surface area contributed by atoms with Crippen LogP contribution in [0.25, 0.3) is 11.0 Å². The highest BCUT2D eigenvalue weighted by atomic mass is 127. The third-order valence-corrected chi connectivity index (χ3v) is 14.9. The van der Waals surface area contributed by atoms with Crippen molar-refractivity contribution in [2.75, 3.05) is 26.6 Å². The van der Waals surface area contributed by atoms with Gasteiger partial charge >= 0.3 is 0 Å². The summed E-state index contributed by atoms with van der Waals surface area (Å²) in [6, 6.07) is 0. The molecule has 0 saturated carbocycles. The fraction of sp³-hybridized carbons (Fsp3) is 0.720. The highest BCUT2D eigenvalue weighted by molar-refractivity contribution is 14.1. The van der Waals surface area contributed by atoms with Crippen molar-refractivity contribution in [1.82, 2.24) is 19.4 Å². The number of ether oxygens (including phenoxy) is 2. The molecule has 1 saturated heterocycles. The number of rotatable bonds is 10. The zero-order valence-electron chi connectivity index (χ0n) is 24.1. The number of aliphatic imine (C=N–C) groups is 1. The minimum absolute atomic E-state index is 0.0989. The summed E-state index contributed by atoms with van der Waals surface area (Å²) in [5.41, 5.74) is 0.333. The van der Waals surface area contributed by atoms with Gasteiger partial charge in [-0.15, -0.1) is 0 Å². The molecule has 9 nitrogen and oxygen atoms in total. The topological polar surface area (TPSA) is 94.0 Å². The molecule has 3 atom stereocenters. The van der Waals surface area contributed by atoms with Crippen molar-refractivity contribution in [3.05, 3.63) is 20.1 Å². The Labute approximate surface area is 248 Å². The maximum atomic E-state index is 12.9. The van der Waals surface area contributed by atoms with Crippen molar-refractivity contribution in [3.8, 4) is 0 Å². The second-order valence-electron chi connectivity index (χ2n) is 12.3. The molecule has 1 N–H and O–H groups in total. The first-order chi connectivity index (χ1) is 17.5. The van der Waals surface area contributed by atoms with E-state index >= 15 is 0 Å². The van der Waals surface area contributed by atoms with Crippen LogP contribution in [0, 0.1) is 3.57 Å². The van der Waals surface area contributed by atoms with Crippen LogP contribution in [0.5, 0.6) is 0 Å². The molecule has 0 amide bonds. The molecule has 1 fully saturated rings. The molecule has 0 aliphatic carbocycles. The predicted molar refractivity (Wildman–Crippen MR) is 171 cm³/mol. The Balaban J connectivity index is 1.87. The van der Waals surface area contributed by atoms with E-state index in [1.807, 2.05) is 24.9 Å². The summed E-state index contributed by atoms with van der Waals surface area (Å²) in [5, 5.41) is 0.635. The van der Waals surface area contributed by atoms with Crippen LogP contribution >= 0.6 is 44.2 Å². The lowest BCUT2D eigenvalue weighted by Gasteiger charge is -2.37. The lowest BCUT2D eigenvalue weighted by atomic mass is 10.2. The van der Waals surface area contributed by atoms with E-state index in [0.717, 1.165) is 3.57 Å². The number of fused-ring (bicyclic) bond motifs is 1. The monoisotopic (exact) mass is 695 g/mol. The van der Waals surface area contributed by atoms with Gasteiger partial charge in [0.2, 0.25) is 5.95 Å². The average Bonchev–Trinajstić information content (AvgIpc) is 3.33. The largest absolute Gasteiger partial charge is 0.414 e. The minimum atomic E-state index is -1.97. The Bertz CT molecular complexity index is 1190. The molecule has 13 heteroatoms. The number of aromatic amines is 1. The number of halogens is 1. The fourth-order valence-corrected chi connectivity index (χ4v) is 7.37. The van der Waals surface area contributed by atoms with Crippen molar-refractivity contribution >= 4 is 75.8 Å². The second kappa shape index (κ2) is 12.5. The molecule has 2 aromatic heterocycles. The molecule has 1 aliphatic rings. The van der Waals surface area contributed by atoms with E-state index < -0.39 is 8.32 Å². The number of aromatic nitrogens is 3. The Kier molecular flexibility index (Phi) is 10.5. The van der Waals surface area contributed by atoms with Crippen LogP contribution in [-0.2, 0) is 13.9 Å². The third kappa shape index (κ3) is 8.23. The third-order valence-electron chi connectivity index (χ3n) is 6.58.